The second-order valence-electron chi connectivity index (χ2n) is 5.43. The number of hydrogen-bond donors (Lipinski definition) is 0. The van der Waals surface area contributed by atoms with Gasteiger partial charge >= 0.3 is 12.1 Å². The molecule has 8 heteroatoms. The van der Waals surface area contributed by atoms with Gasteiger partial charge in [0.15, 0.2) is 0 Å². The van der Waals surface area contributed by atoms with Gasteiger partial charge in [-0.25, -0.2) is 0 Å². The van der Waals surface area contributed by atoms with Crippen LogP contribution in [0.1, 0.15) is 30.0 Å². The molecule has 0 saturated heterocycles. The molecule has 2 aromatic rings. The minimum absolute atomic E-state index is 0.135. The molecule has 0 atom stereocenters. The quantitative estimate of drug-likeness (QED) is 0.436. The van der Waals surface area contributed by atoms with E-state index in [1.165, 1.54) is 19.1 Å². The Morgan fingerprint density at radius 2 is 1.81 bits per heavy atom. The first-order valence-corrected chi connectivity index (χ1v) is 8.37. The highest BCUT2D eigenvalue weighted by Crippen LogP contribution is 2.40. The van der Waals surface area contributed by atoms with Crippen molar-refractivity contribution in [3.63, 3.8) is 0 Å². The zero-order valence-electron chi connectivity index (χ0n) is 13.9. The zero-order chi connectivity index (χ0) is 19.5. The molecule has 0 amide bonds. The minimum Gasteiger partial charge on any atom is -0.488 e. The predicted molar refractivity (Wildman–Crippen MR) is 92.9 cm³/mol. The lowest BCUT2D eigenvalue weighted by atomic mass is 10.1. The van der Waals surface area contributed by atoms with Gasteiger partial charge in [0, 0.05) is 11.4 Å². The number of aryl methyl sites for hydroxylation is 1. The first-order valence-electron chi connectivity index (χ1n) is 7.61. The third kappa shape index (κ3) is 4.83. The highest BCUT2D eigenvalue weighted by molar-refractivity contribution is 6.31. The molecule has 0 saturated carbocycles. The van der Waals surface area contributed by atoms with Crippen molar-refractivity contribution in [1.82, 2.24) is 0 Å². The van der Waals surface area contributed by atoms with Gasteiger partial charge in [-0.2, -0.15) is 13.2 Å². The molecule has 0 bridgehead atoms. The van der Waals surface area contributed by atoms with Gasteiger partial charge in [-0.15, -0.1) is 0 Å². The van der Waals surface area contributed by atoms with Crippen LogP contribution >= 0.6 is 23.2 Å². The van der Waals surface area contributed by atoms with Gasteiger partial charge in [0.2, 0.25) is 0 Å². The van der Waals surface area contributed by atoms with Crippen molar-refractivity contribution in [1.29, 1.82) is 0 Å². The normalized spacial score (nSPS) is 11.3. The van der Waals surface area contributed by atoms with Crippen molar-refractivity contribution in [2.75, 3.05) is 0 Å². The SMILES string of the molecule is CCC(=O)Oc1cccc(Cl)c1COc1cc(Cl)c(C)cc1C(F)(F)F. The van der Waals surface area contributed by atoms with Crippen LogP contribution < -0.4 is 9.47 Å². The van der Waals surface area contributed by atoms with E-state index in [2.05, 4.69) is 0 Å². The third-order valence-corrected chi connectivity index (χ3v) is 4.29. The lowest BCUT2D eigenvalue weighted by Crippen LogP contribution is -2.11. The maximum absolute atomic E-state index is 13.2. The van der Waals surface area contributed by atoms with E-state index < -0.39 is 23.5 Å². The van der Waals surface area contributed by atoms with E-state index in [1.807, 2.05) is 0 Å². The largest absolute Gasteiger partial charge is 0.488 e. The summed E-state index contributed by atoms with van der Waals surface area (Å²) in [7, 11) is 0. The van der Waals surface area contributed by atoms with Crippen LogP contribution in [0.25, 0.3) is 0 Å². The van der Waals surface area contributed by atoms with E-state index in [9.17, 15) is 18.0 Å². The molecule has 0 aromatic heterocycles. The Hall–Kier alpha value is -1.92. The zero-order valence-corrected chi connectivity index (χ0v) is 15.4. The summed E-state index contributed by atoms with van der Waals surface area (Å²) in [5, 5.41) is 0.350. The molecule has 0 spiro atoms. The fraction of sp³-hybridized carbons (Fsp3) is 0.278. The van der Waals surface area contributed by atoms with Gasteiger partial charge in [-0.3, -0.25) is 4.79 Å². The van der Waals surface area contributed by atoms with Gasteiger partial charge in [-0.1, -0.05) is 36.2 Å². The Kier molecular flexibility index (Phi) is 6.42. The summed E-state index contributed by atoms with van der Waals surface area (Å²) in [4.78, 5) is 11.5. The van der Waals surface area contributed by atoms with Crippen molar-refractivity contribution >= 4 is 29.2 Å². The lowest BCUT2D eigenvalue weighted by Gasteiger charge is -2.17. The summed E-state index contributed by atoms with van der Waals surface area (Å²) in [6.07, 6.45) is -4.47. The smallest absolute Gasteiger partial charge is 0.419 e. The van der Waals surface area contributed by atoms with E-state index in [-0.39, 0.29) is 39.9 Å². The van der Waals surface area contributed by atoms with Gasteiger partial charge in [0.1, 0.15) is 18.1 Å². The van der Waals surface area contributed by atoms with Crippen molar-refractivity contribution in [3.8, 4) is 11.5 Å². The van der Waals surface area contributed by atoms with Gasteiger partial charge in [-0.05, 0) is 36.8 Å². The van der Waals surface area contributed by atoms with Crippen LogP contribution in [0.3, 0.4) is 0 Å². The maximum atomic E-state index is 13.2. The molecule has 2 rings (SSSR count). The molecule has 0 radical (unpaired) electrons. The monoisotopic (exact) mass is 406 g/mol. The summed E-state index contributed by atoms with van der Waals surface area (Å²) >= 11 is 12.0. The lowest BCUT2D eigenvalue weighted by molar-refractivity contribution is -0.139. The molecule has 0 heterocycles. The Balaban J connectivity index is 2.35. The molecule has 0 unspecified atom stereocenters. The molecular formula is C18H15Cl2F3O3. The summed E-state index contributed by atoms with van der Waals surface area (Å²) in [6, 6.07) is 6.60. The number of ether oxygens (including phenoxy) is 2. The van der Waals surface area contributed by atoms with E-state index in [4.69, 9.17) is 32.7 Å². The number of hydrogen-bond acceptors (Lipinski definition) is 3. The average molecular weight is 407 g/mol. The Bertz CT molecular complexity index is 820. The molecule has 26 heavy (non-hydrogen) atoms. The molecular weight excluding hydrogens is 392 g/mol. The molecule has 0 N–H and O–H groups in total. The molecule has 0 aliphatic heterocycles. The van der Waals surface area contributed by atoms with Gasteiger partial charge in [0.25, 0.3) is 0 Å². The van der Waals surface area contributed by atoms with Crippen LogP contribution in [0, 0.1) is 6.92 Å². The summed E-state index contributed by atoms with van der Waals surface area (Å²) in [6.45, 7) is 2.76. The van der Waals surface area contributed by atoms with Crippen molar-refractivity contribution < 1.29 is 27.4 Å². The summed E-state index contributed by atoms with van der Waals surface area (Å²) in [5.41, 5.74) is -0.402. The molecule has 3 nitrogen and oxygen atoms in total. The van der Waals surface area contributed by atoms with E-state index >= 15 is 0 Å². The summed E-state index contributed by atoms with van der Waals surface area (Å²) in [5.74, 6) is -0.792. The molecule has 140 valence electrons. The van der Waals surface area contributed by atoms with Crippen LogP contribution in [0.15, 0.2) is 30.3 Å². The fourth-order valence-electron chi connectivity index (χ4n) is 2.12. The molecule has 0 aliphatic rings. The Labute approximate surface area is 158 Å². The van der Waals surface area contributed by atoms with Gasteiger partial charge < -0.3 is 9.47 Å². The van der Waals surface area contributed by atoms with Crippen LogP contribution in [0.4, 0.5) is 13.2 Å². The van der Waals surface area contributed by atoms with Crippen molar-refractivity contribution in [2.45, 2.75) is 33.1 Å². The van der Waals surface area contributed by atoms with Gasteiger partial charge in [0.05, 0.1) is 16.1 Å². The fourth-order valence-corrected chi connectivity index (χ4v) is 2.50. The van der Waals surface area contributed by atoms with Crippen molar-refractivity contribution in [2.24, 2.45) is 0 Å². The minimum atomic E-state index is -4.61. The number of esters is 1. The Morgan fingerprint density at radius 1 is 1.12 bits per heavy atom. The number of rotatable bonds is 5. The number of carbonyl (C=O) groups excluding carboxylic acids is 1. The maximum Gasteiger partial charge on any atom is 0.419 e. The molecule has 0 fully saturated rings. The topological polar surface area (TPSA) is 35.5 Å². The van der Waals surface area contributed by atoms with E-state index in [0.29, 0.717) is 0 Å². The summed E-state index contributed by atoms with van der Waals surface area (Å²) < 4.78 is 50.2. The average Bonchev–Trinajstić information content (AvgIpc) is 2.56. The number of carbonyl (C=O) groups is 1. The first-order chi connectivity index (χ1) is 12.1. The first kappa shape index (κ1) is 20.4. The molecule has 0 aliphatic carbocycles. The van der Waals surface area contributed by atoms with Crippen LogP contribution in [0.2, 0.25) is 10.0 Å². The van der Waals surface area contributed by atoms with Crippen LogP contribution in [-0.2, 0) is 17.6 Å². The second kappa shape index (κ2) is 8.18. The number of halogens is 5. The Morgan fingerprint density at radius 3 is 2.42 bits per heavy atom. The standard InChI is InChI=1S/C18H15Cl2F3O3/c1-3-17(24)26-15-6-4-5-13(19)11(15)9-25-16-8-14(20)10(2)7-12(16)18(21,22)23/h4-8H,3,9H2,1-2H3. The van der Waals surface area contributed by atoms with Crippen LogP contribution in [0.5, 0.6) is 11.5 Å². The third-order valence-electron chi connectivity index (χ3n) is 3.53. The highest BCUT2D eigenvalue weighted by atomic mass is 35.5. The number of benzene rings is 2. The van der Waals surface area contributed by atoms with Crippen molar-refractivity contribution in [3.05, 3.63) is 57.1 Å². The highest BCUT2D eigenvalue weighted by Gasteiger charge is 2.35. The molecule has 2 aromatic carbocycles. The second-order valence-corrected chi connectivity index (χ2v) is 6.24. The number of alkyl halides is 3. The predicted octanol–water partition coefficient (Wildman–Crippen LogP) is 6.22. The van der Waals surface area contributed by atoms with E-state index in [0.717, 1.165) is 12.1 Å². The van der Waals surface area contributed by atoms with Crippen LogP contribution in [-0.4, -0.2) is 5.97 Å². The van der Waals surface area contributed by atoms with E-state index in [1.54, 1.807) is 13.0 Å².